The Kier molecular flexibility index (Phi) is 1.93. The standard InChI is InChI=1S/C8H9N3S/c9-6-7-2-5-12-8(7)11-4-1-3-10-11/h1-5H,6,9H2. The number of hydrogen-bond donors (Lipinski definition) is 1. The van der Waals surface area contributed by atoms with E-state index in [-0.39, 0.29) is 0 Å². The Labute approximate surface area is 74.4 Å². The maximum Gasteiger partial charge on any atom is 0.121 e. The molecule has 2 heterocycles. The first kappa shape index (κ1) is 7.52. The van der Waals surface area contributed by atoms with Crippen molar-refractivity contribution in [1.82, 2.24) is 9.78 Å². The van der Waals surface area contributed by atoms with Gasteiger partial charge in [-0.1, -0.05) is 0 Å². The lowest BCUT2D eigenvalue weighted by molar-refractivity contribution is 0.878. The molecule has 0 aliphatic rings. The second kappa shape index (κ2) is 3.08. The van der Waals surface area contributed by atoms with Crippen LogP contribution in [0.25, 0.3) is 5.00 Å². The second-order valence-electron chi connectivity index (χ2n) is 2.41. The van der Waals surface area contributed by atoms with Crippen LogP contribution in [0.1, 0.15) is 5.56 Å². The predicted octanol–water partition coefficient (Wildman–Crippen LogP) is 1.39. The van der Waals surface area contributed by atoms with Crippen LogP contribution >= 0.6 is 11.3 Å². The molecule has 12 heavy (non-hydrogen) atoms. The Morgan fingerprint density at radius 3 is 3.17 bits per heavy atom. The zero-order chi connectivity index (χ0) is 8.39. The van der Waals surface area contributed by atoms with Gasteiger partial charge in [-0.25, -0.2) is 4.68 Å². The summed E-state index contributed by atoms with van der Waals surface area (Å²) < 4.78 is 1.84. The van der Waals surface area contributed by atoms with Crippen molar-refractivity contribution in [2.45, 2.75) is 6.54 Å². The number of nitrogens with two attached hydrogens (primary N) is 1. The Morgan fingerprint density at radius 2 is 2.50 bits per heavy atom. The zero-order valence-corrected chi connectivity index (χ0v) is 7.29. The fourth-order valence-corrected chi connectivity index (χ4v) is 1.95. The summed E-state index contributed by atoms with van der Waals surface area (Å²) in [6.45, 7) is 0.568. The van der Waals surface area contributed by atoms with Gasteiger partial charge in [0.2, 0.25) is 0 Å². The molecule has 2 aromatic heterocycles. The molecule has 0 saturated heterocycles. The van der Waals surface area contributed by atoms with Crippen molar-refractivity contribution in [2.24, 2.45) is 5.73 Å². The van der Waals surface area contributed by atoms with E-state index < -0.39 is 0 Å². The Bertz CT molecular complexity index is 350. The molecule has 0 aliphatic carbocycles. The molecule has 0 aliphatic heterocycles. The van der Waals surface area contributed by atoms with Crippen molar-refractivity contribution >= 4 is 11.3 Å². The normalized spacial score (nSPS) is 10.4. The highest BCUT2D eigenvalue weighted by molar-refractivity contribution is 7.12. The van der Waals surface area contributed by atoms with E-state index in [2.05, 4.69) is 5.10 Å². The van der Waals surface area contributed by atoms with Gasteiger partial charge in [0.25, 0.3) is 0 Å². The van der Waals surface area contributed by atoms with Crippen LogP contribution in [0.15, 0.2) is 29.9 Å². The van der Waals surface area contributed by atoms with Gasteiger partial charge >= 0.3 is 0 Å². The van der Waals surface area contributed by atoms with Crippen LogP contribution in [-0.2, 0) is 6.54 Å². The number of hydrogen-bond acceptors (Lipinski definition) is 3. The third-order valence-electron chi connectivity index (χ3n) is 1.66. The summed E-state index contributed by atoms with van der Waals surface area (Å²) in [7, 11) is 0. The maximum atomic E-state index is 5.57. The molecule has 2 N–H and O–H groups in total. The molecule has 0 spiro atoms. The van der Waals surface area contributed by atoms with Crippen molar-refractivity contribution in [1.29, 1.82) is 0 Å². The summed E-state index contributed by atoms with van der Waals surface area (Å²) in [6.07, 6.45) is 3.69. The molecular formula is C8H9N3S. The first-order chi connectivity index (χ1) is 5.92. The Balaban J connectivity index is 2.46. The van der Waals surface area contributed by atoms with Gasteiger partial charge in [0.15, 0.2) is 0 Å². The molecule has 0 aromatic carbocycles. The Hall–Kier alpha value is -1.13. The smallest absolute Gasteiger partial charge is 0.121 e. The van der Waals surface area contributed by atoms with E-state index in [4.69, 9.17) is 5.73 Å². The molecule has 0 bridgehead atoms. The number of thiophene rings is 1. The lowest BCUT2D eigenvalue weighted by Gasteiger charge is -1.99. The molecule has 0 saturated carbocycles. The largest absolute Gasteiger partial charge is 0.326 e. The monoisotopic (exact) mass is 179 g/mol. The van der Waals surface area contributed by atoms with Gasteiger partial charge in [0.05, 0.1) is 0 Å². The zero-order valence-electron chi connectivity index (χ0n) is 6.47. The Morgan fingerprint density at radius 1 is 1.58 bits per heavy atom. The third kappa shape index (κ3) is 1.15. The second-order valence-corrected chi connectivity index (χ2v) is 3.30. The minimum atomic E-state index is 0.568. The molecule has 62 valence electrons. The number of nitrogens with zero attached hydrogens (tertiary/aromatic N) is 2. The molecule has 0 fully saturated rings. The summed E-state index contributed by atoms with van der Waals surface area (Å²) >= 11 is 1.65. The maximum absolute atomic E-state index is 5.57. The highest BCUT2D eigenvalue weighted by Crippen LogP contribution is 2.19. The minimum Gasteiger partial charge on any atom is -0.326 e. The lowest BCUT2D eigenvalue weighted by atomic mass is 10.3. The molecule has 4 heteroatoms. The highest BCUT2D eigenvalue weighted by Gasteiger charge is 2.03. The molecule has 0 unspecified atom stereocenters. The predicted molar refractivity (Wildman–Crippen MR) is 49.3 cm³/mol. The highest BCUT2D eigenvalue weighted by atomic mass is 32.1. The van der Waals surface area contributed by atoms with Crippen molar-refractivity contribution in [3.63, 3.8) is 0 Å². The average Bonchev–Trinajstić information content (AvgIpc) is 2.74. The summed E-state index contributed by atoms with van der Waals surface area (Å²) in [5.41, 5.74) is 6.71. The minimum absolute atomic E-state index is 0.568. The van der Waals surface area contributed by atoms with E-state index >= 15 is 0 Å². The van der Waals surface area contributed by atoms with Crippen molar-refractivity contribution < 1.29 is 0 Å². The fraction of sp³-hybridized carbons (Fsp3) is 0.125. The van der Waals surface area contributed by atoms with Gasteiger partial charge in [-0.3, -0.25) is 0 Å². The van der Waals surface area contributed by atoms with Crippen molar-refractivity contribution in [2.75, 3.05) is 0 Å². The van der Waals surface area contributed by atoms with E-state index in [1.54, 1.807) is 17.5 Å². The lowest BCUT2D eigenvalue weighted by Crippen LogP contribution is -2.00. The van der Waals surface area contributed by atoms with Gasteiger partial charge in [0.1, 0.15) is 5.00 Å². The molecule has 0 radical (unpaired) electrons. The SMILES string of the molecule is NCc1ccsc1-n1cccn1. The van der Waals surface area contributed by atoms with E-state index in [1.165, 1.54) is 0 Å². The van der Waals surface area contributed by atoms with Crippen LogP contribution < -0.4 is 5.73 Å². The molecular weight excluding hydrogens is 170 g/mol. The van der Waals surface area contributed by atoms with Gasteiger partial charge < -0.3 is 5.73 Å². The summed E-state index contributed by atoms with van der Waals surface area (Å²) in [5, 5.41) is 7.28. The van der Waals surface area contributed by atoms with Crippen LogP contribution in [0, 0.1) is 0 Å². The third-order valence-corrected chi connectivity index (χ3v) is 2.60. The van der Waals surface area contributed by atoms with Crippen LogP contribution in [0.4, 0.5) is 0 Å². The number of aromatic nitrogens is 2. The van der Waals surface area contributed by atoms with E-state index in [9.17, 15) is 0 Å². The van der Waals surface area contributed by atoms with Crippen LogP contribution in [0.3, 0.4) is 0 Å². The van der Waals surface area contributed by atoms with Crippen LogP contribution in [0.2, 0.25) is 0 Å². The summed E-state index contributed by atoms with van der Waals surface area (Å²) in [5.74, 6) is 0. The molecule has 0 amide bonds. The average molecular weight is 179 g/mol. The molecule has 2 aromatic rings. The number of rotatable bonds is 2. The summed E-state index contributed by atoms with van der Waals surface area (Å²) in [6, 6.07) is 3.93. The van der Waals surface area contributed by atoms with Crippen LogP contribution in [0.5, 0.6) is 0 Å². The fourth-order valence-electron chi connectivity index (χ4n) is 1.07. The van der Waals surface area contributed by atoms with Crippen molar-refractivity contribution in [3.8, 4) is 5.00 Å². The van der Waals surface area contributed by atoms with Gasteiger partial charge in [-0.05, 0) is 17.5 Å². The van der Waals surface area contributed by atoms with E-state index in [0.717, 1.165) is 10.6 Å². The van der Waals surface area contributed by atoms with Crippen molar-refractivity contribution in [3.05, 3.63) is 35.5 Å². The molecule has 3 nitrogen and oxygen atoms in total. The van der Waals surface area contributed by atoms with Gasteiger partial charge in [-0.2, -0.15) is 5.10 Å². The first-order valence-corrected chi connectivity index (χ1v) is 4.56. The topological polar surface area (TPSA) is 43.8 Å². The first-order valence-electron chi connectivity index (χ1n) is 3.68. The van der Waals surface area contributed by atoms with Gasteiger partial charge in [0, 0.05) is 24.5 Å². The molecule has 0 atom stereocenters. The molecule has 2 rings (SSSR count). The van der Waals surface area contributed by atoms with Gasteiger partial charge in [-0.15, -0.1) is 11.3 Å². The van der Waals surface area contributed by atoms with Crippen LogP contribution in [-0.4, -0.2) is 9.78 Å². The quantitative estimate of drug-likeness (QED) is 0.757. The van der Waals surface area contributed by atoms with E-state index in [1.807, 2.05) is 28.4 Å². The summed E-state index contributed by atoms with van der Waals surface area (Å²) in [4.78, 5) is 0. The van der Waals surface area contributed by atoms with E-state index in [0.29, 0.717) is 6.54 Å².